The van der Waals surface area contributed by atoms with Gasteiger partial charge in [0.25, 0.3) is 0 Å². The first-order valence-electron chi connectivity index (χ1n) is 9.94. The number of benzene rings is 3. The average Bonchev–Trinajstić information content (AvgIpc) is 2.81. The van der Waals surface area contributed by atoms with Gasteiger partial charge in [-0.25, -0.2) is 4.79 Å². The van der Waals surface area contributed by atoms with Gasteiger partial charge >= 0.3 is 6.03 Å². The molecule has 3 aromatic rings. The molecule has 3 aromatic carbocycles. The van der Waals surface area contributed by atoms with Gasteiger partial charge in [0.2, 0.25) is 0 Å². The predicted octanol–water partition coefficient (Wildman–Crippen LogP) is 5.99. The topological polar surface area (TPSA) is 61.8 Å². The van der Waals surface area contributed by atoms with Crippen LogP contribution in [0, 0.1) is 4.91 Å². The van der Waals surface area contributed by atoms with Crippen molar-refractivity contribution in [2.45, 2.75) is 17.2 Å². The van der Waals surface area contributed by atoms with Crippen molar-refractivity contribution in [1.29, 1.82) is 0 Å². The zero-order chi connectivity index (χ0) is 22.1. The highest BCUT2D eigenvalue weighted by molar-refractivity contribution is 8.00. The Morgan fingerprint density at radius 2 is 1.35 bits per heavy atom. The first kappa shape index (κ1) is 22.8. The van der Waals surface area contributed by atoms with Crippen molar-refractivity contribution in [2.24, 2.45) is 5.29 Å². The summed E-state index contributed by atoms with van der Waals surface area (Å²) in [4.78, 5) is 23.0. The van der Waals surface area contributed by atoms with Crippen molar-refractivity contribution in [2.75, 3.05) is 12.3 Å². The standard InChI is InChI=1S/C24H24ClN3O2S/c1-19(25)28(27-30)23(29)26-17-18-31-24(20-11-5-2-6-12-20,21-13-7-3-8-14-21)22-15-9-4-10-16-22/h2-16,19H,17-18H2,1H3,(H,26,29). The molecule has 0 saturated carbocycles. The normalized spacial score (nSPS) is 12.1. The lowest BCUT2D eigenvalue weighted by Gasteiger charge is -2.35. The number of carbonyl (C=O) groups excluding carboxylic acids is 1. The van der Waals surface area contributed by atoms with E-state index < -0.39 is 16.3 Å². The molecule has 0 fully saturated rings. The number of nitrogens with one attached hydrogen (secondary N) is 1. The fourth-order valence-corrected chi connectivity index (χ4v) is 5.02. The number of nitroso groups, excluding NO2 is 1. The van der Waals surface area contributed by atoms with Crippen LogP contribution >= 0.6 is 23.4 Å². The monoisotopic (exact) mass is 453 g/mol. The molecule has 0 saturated heterocycles. The van der Waals surface area contributed by atoms with Crippen molar-refractivity contribution in [3.8, 4) is 0 Å². The van der Waals surface area contributed by atoms with E-state index in [4.69, 9.17) is 11.6 Å². The number of amides is 2. The van der Waals surface area contributed by atoms with Crippen LogP contribution in [0.3, 0.4) is 0 Å². The lowest BCUT2D eigenvalue weighted by atomic mass is 9.84. The smallest absolute Gasteiger partial charge is 0.336 e. The zero-order valence-corrected chi connectivity index (χ0v) is 18.7. The second-order valence-electron chi connectivity index (χ2n) is 6.86. The third-order valence-electron chi connectivity index (χ3n) is 4.87. The summed E-state index contributed by atoms with van der Waals surface area (Å²) in [5.41, 5.74) is 2.63. The summed E-state index contributed by atoms with van der Waals surface area (Å²) >= 11 is 7.55. The molecule has 160 valence electrons. The van der Waals surface area contributed by atoms with Gasteiger partial charge in [-0.1, -0.05) is 103 Å². The van der Waals surface area contributed by atoms with Crippen LogP contribution in [0.5, 0.6) is 0 Å². The van der Waals surface area contributed by atoms with E-state index in [-0.39, 0.29) is 0 Å². The van der Waals surface area contributed by atoms with Crippen molar-refractivity contribution in [3.05, 3.63) is 113 Å². The molecule has 0 radical (unpaired) electrons. The number of hydrogen-bond acceptors (Lipinski definition) is 4. The van der Waals surface area contributed by atoms with Crippen LogP contribution < -0.4 is 5.32 Å². The maximum Gasteiger partial charge on any atom is 0.341 e. The Bertz CT molecular complexity index is 875. The van der Waals surface area contributed by atoms with Crippen LogP contribution in [0.4, 0.5) is 4.79 Å². The van der Waals surface area contributed by atoms with Gasteiger partial charge in [-0.05, 0) is 23.6 Å². The second-order valence-corrected chi connectivity index (χ2v) is 8.80. The highest BCUT2D eigenvalue weighted by Crippen LogP contribution is 2.48. The second kappa shape index (κ2) is 11.0. The molecule has 1 unspecified atom stereocenters. The quantitative estimate of drug-likeness (QED) is 0.108. The Balaban J connectivity index is 1.92. The lowest BCUT2D eigenvalue weighted by Crippen LogP contribution is -2.40. The van der Waals surface area contributed by atoms with E-state index in [9.17, 15) is 9.70 Å². The van der Waals surface area contributed by atoms with Gasteiger partial charge < -0.3 is 5.32 Å². The van der Waals surface area contributed by atoms with E-state index in [0.29, 0.717) is 17.3 Å². The fourth-order valence-electron chi connectivity index (χ4n) is 3.48. The van der Waals surface area contributed by atoms with E-state index >= 15 is 0 Å². The highest BCUT2D eigenvalue weighted by Gasteiger charge is 2.36. The highest BCUT2D eigenvalue weighted by atomic mass is 35.5. The number of urea groups is 1. The fraction of sp³-hybridized carbons (Fsp3) is 0.208. The summed E-state index contributed by atoms with van der Waals surface area (Å²) in [6, 6.07) is 30.4. The largest absolute Gasteiger partial charge is 0.341 e. The third-order valence-corrected chi connectivity index (χ3v) is 6.60. The Morgan fingerprint density at radius 1 is 0.935 bits per heavy atom. The minimum absolute atomic E-state index is 0.355. The first-order valence-corrected chi connectivity index (χ1v) is 11.4. The van der Waals surface area contributed by atoms with E-state index in [1.807, 2.05) is 54.6 Å². The molecule has 5 nitrogen and oxygen atoms in total. The van der Waals surface area contributed by atoms with Gasteiger partial charge in [0.1, 0.15) is 5.50 Å². The molecule has 0 aliphatic heterocycles. The summed E-state index contributed by atoms with van der Waals surface area (Å²) in [5, 5.41) is 6.11. The van der Waals surface area contributed by atoms with E-state index in [1.165, 1.54) is 6.92 Å². The van der Waals surface area contributed by atoms with Gasteiger partial charge in [-0.15, -0.1) is 16.7 Å². The molecule has 2 amide bonds. The molecule has 0 bridgehead atoms. The van der Waals surface area contributed by atoms with Crippen LogP contribution in [0.2, 0.25) is 0 Å². The van der Waals surface area contributed by atoms with Crippen LogP contribution in [-0.4, -0.2) is 28.8 Å². The number of nitrogens with zero attached hydrogens (tertiary/aromatic N) is 2. The maximum atomic E-state index is 12.2. The third kappa shape index (κ3) is 5.27. The van der Waals surface area contributed by atoms with Crippen molar-refractivity contribution in [1.82, 2.24) is 10.3 Å². The van der Waals surface area contributed by atoms with E-state index in [2.05, 4.69) is 47.0 Å². The lowest BCUT2D eigenvalue weighted by molar-refractivity contribution is 0.197. The van der Waals surface area contributed by atoms with Gasteiger partial charge in [-0.3, -0.25) is 0 Å². The Kier molecular flexibility index (Phi) is 8.09. The summed E-state index contributed by atoms with van der Waals surface area (Å²) in [6.07, 6.45) is 0. The molecule has 0 spiro atoms. The molecule has 7 heteroatoms. The Hall–Kier alpha value is -2.83. The minimum atomic E-state index is -0.817. The van der Waals surface area contributed by atoms with Gasteiger partial charge in [0.05, 0.1) is 10.0 Å². The van der Waals surface area contributed by atoms with Crippen LogP contribution in [0.1, 0.15) is 23.6 Å². The Labute approximate surface area is 191 Å². The summed E-state index contributed by atoms with van der Waals surface area (Å²) in [7, 11) is 0. The van der Waals surface area contributed by atoms with E-state index in [0.717, 1.165) is 16.7 Å². The number of carbonyl (C=O) groups is 1. The summed E-state index contributed by atoms with van der Waals surface area (Å²) in [5.74, 6) is 0.605. The molecule has 3 rings (SSSR count). The first-order chi connectivity index (χ1) is 15.1. The van der Waals surface area contributed by atoms with E-state index in [1.54, 1.807) is 11.8 Å². The summed E-state index contributed by atoms with van der Waals surface area (Å²) in [6.45, 7) is 1.87. The molecule has 0 aromatic heterocycles. The van der Waals surface area contributed by atoms with Crippen molar-refractivity contribution < 1.29 is 4.79 Å². The number of hydrogen-bond donors (Lipinski definition) is 1. The Morgan fingerprint density at radius 3 is 1.71 bits per heavy atom. The number of thioether (sulfide) groups is 1. The van der Waals surface area contributed by atoms with Crippen molar-refractivity contribution >= 4 is 29.4 Å². The predicted molar refractivity (Wildman–Crippen MR) is 128 cm³/mol. The number of rotatable bonds is 9. The SMILES string of the molecule is CC(Cl)N(N=O)C(=O)NCCSC(c1ccccc1)(c1ccccc1)c1ccccc1. The molecule has 1 atom stereocenters. The molecule has 0 aliphatic rings. The van der Waals surface area contributed by atoms with Gasteiger partial charge in [-0.2, -0.15) is 5.01 Å². The molecule has 1 N–H and O–H groups in total. The zero-order valence-electron chi connectivity index (χ0n) is 17.1. The number of halogens is 1. The van der Waals surface area contributed by atoms with Crippen LogP contribution in [0.15, 0.2) is 96.3 Å². The maximum absolute atomic E-state index is 12.2. The van der Waals surface area contributed by atoms with Crippen LogP contribution in [0.25, 0.3) is 0 Å². The van der Waals surface area contributed by atoms with Crippen LogP contribution in [-0.2, 0) is 4.75 Å². The minimum Gasteiger partial charge on any atom is -0.336 e. The van der Waals surface area contributed by atoms with Crippen molar-refractivity contribution in [3.63, 3.8) is 0 Å². The average molecular weight is 454 g/mol. The summed E-state index contributed by atoms with van der Waals surface area (Å²) < 4.78 is -0.461. The molecule has 0 heterocycles. The number of alkyl halides is 1. The molecule has 0 aliphatic carbocycles. The molecular weight excluding hydrogens is 430 g/mol. The van der Waals surface area contributed by atoms with Gasteiger partial charge in [0, 0.05) is 12.3 Å². The van der Waals surface area contributed by atoms with Gasteiger partial charge in [0.15, 0.2) is 0 Å². The molecular formula is C24H24ClN3O2S. The molecule has 31 heavy (non-hydrogen) atoms.